The van der Waals surface area contributed by atoms with Gasteiger partial charge in [0.25, 0.3) is 0 Å². The van der Waals surface area contributed by atoms with Crippen LogP contribution in [0, 0.1) is 5.41 Å². The van der Waals surface area contributed by atoms with Crippen LogP contribution in [-0.2, 0) is 9.53 Å². The second-order valence-corrected chi connectivity index (χ2v) is 7.03. The number of carboxylic acid groups (broad SMARTS) is 1. The monoisotopic (exact) mass is 284 g/mol. The normalized spacial score (nSPS) is 24.2. The highest BCUT2D eigenvalue weighted by molar-refractivity contribution is 5.76. The third-order valence-electron chi connectivity index (χ3n) is 4.55. The fourth-order valence-electron chi connectivity index (χ4n) is 3.23. The van der Waals surface area contributed by atoms with Crippen molar-refractivity contribution in [2.75, 3.05) is 0 Å². The third-order valence-corrected chi connectivity index (χ3v) is 4.55. The Bertz CT molecular complexity index is 419. The van der Waals surface area contributed by atoms with Crippen LogP contribution >= 0.6 is 0 Å². The number of ether oxygens (including phenoxy) is 1. The summed E-state index contributed by atoms with van der Waals surface area (Å²) >= 11 is 0. The van der Waals surface area contributed by atoms with E-state index in [4.69, 9.17) is 10.5 Å². The molecule has 114 valence electrons. The minimum atomic E-state index is -1.00. The van der Waals surface area contributed by atoms with Gasteiger partial charge in [-0.3, -0.25) is 4.79 Å². The van der Waals surface area contributed by atoms with Gasteiger partial charge in [-0.05, 0) is 52.9 Å². The topological polar surface area (TPSA) is 102 Å². The van der Waals surface area contributed by atoms with E-state index in [0.717, 1.165) is 32.1 Å². The Morgan fingerprint density at radius 3 is 2.10 bits per heavy atom. The number of alkyl carbamates (subject to hydrolysis) is 1. The quantitative estimate of drug-likeness (QED) is 0.728. The molecule has 2 fully saturated rings. The highest BCUT2D eigenvalue weighted by atomic mass is 16.6. The maximum atomic E-state index is 12.0. The van der Waals surface area contributed by atoms with Crippen molar-refractivity contribution in [1.82, 2.24) is 5.32 Å². The summed E-state index contributed by atoms with van der Waals surface area (Å²) in [7, 11) is 0. The lowest BCUT2D eigenvalue weighted by atomic mass is 9.63. The molecule has 0 radical (unpaired) electrons. The largest absolute Gasteiger partial charge is 0.480 e. The van der Waals surface area contributed by atoms with Crippen LogP contribution in [0.5, 0.6) is 0 Å². The van der Waals surface area contributed by atoms with E-state index in [0.29, 0.717) is 0 Å². The van der Waals surface area contributed by atoms with E-state index in [1.54, 1.807) is 20.8 Å². The van der Waals surface area contributed by atoms with E-state index in [-0.39, 0.29) is 0 Å². The molecular weight excluding hydrogens is 260 g/mol. The third kappa shape index (κ3) is 2.49. The Balaban J connectivity index is 2.11. The number of aliphatic carboxylic acids is 1. The molecule has 0 heterocycles. The number of amides is 1. The van der Waals surface area contributed by atoms with Gasteiger partial charge in [0.1, 0.15) is 11.6 Å². The van der Waals surface area contributed by atoms with Gasteiger partial charge in [0.05, 0.1) is 5.54 Å². The maximum absolute atomic E-state index is 12.0. The zero-order valence-electron chi connectivity index (χ0n) is 12.4. The van der Waals surface area contributed by atoms with Crippen LogP contribution in [0.25, 0.3) is 0 Å². The predicted molar refractivity (Wildman–Crippen MR) is 73.2 cm³/mol. The van der Waals surface area contributed by atoms with Crippen LogP contribution in [0.2, 0.25) is 0 Å². The molecule has 0 aliphatic heterocycles. The Morgan fingerprint density at radius 1 is 1.25 bits per heavy atom. The van der Waals surface area contributed by atoms with Gasteiger partial charge in [0.2, 0.25) is 0 Å². The van der Waals surface area contributed by atoms with Crippen molar-refractivity contribution >= 4 is 12.1 Å². The van der Waals surface area contributed by atoms with Crippen molar-refractivity contribution in [3.63, 3.8) is 0 Å². The molecule has 0 aromatic rings. The van der Waals surface area contributed by atoms with E-state index < -0.39 is 34.7 Å². The van der Waals surface area contributed by atoms with Crippen LogP contribution in [0.4, 0.5) is 4.79 Å². The lowest BCUT2D eigenvalue weighted by molar-refractivity contribution is -0.142. The number of carbonyl (C=O) groups excluding carboxylic acids is 1. The number of nitrogens with two attached hydrogens (primary N) is 1. The Hall–Kier alpha value is -1.30. The maximum Gasteiger partial charge on any atom is 0.408 e. The van der Waals surface area contributed by atoms with Gasteiger partial charge in [0, 0.05) is 5.41 Å². The molecule has 20 heavy (non-hydrogen) atoms. The average molecular weight is 284 g/mol. The first kappa shape index (κ1) is 15.1. The molecule has 0 aromatic carbocycles. The first-order valence-corrected chi connectivity index (χ1v) is 7.12. The van der Waals surface area contributed by atoms with Crippen molar-refractivity contribution in [1.29, 1.82) is 0 Å². The average Bonchev–Trinajstić information content (AvgIpc) is 3.01. The molecule has 2 saturated carbocycles. The van der Waals surface area contributed by atoms with Gasteiger partial charge in [-0.15, -0.1) is 0 Å². The summed E-state index contributed by atoms with van der Waals surface area (Å²) in [5.41, 5.74) is 4.28. The van der Waals surface area contributed by atoms with E-state index >= 15 is 0 Å². The second kappa shape index (κ2) is 4.62. The minimum absolute atomic E-state index is 0.485. The molecule has 0 saturated heterocycles. The highest BCUT2D eigenvalue weighted by Gasteiger charge is 2.67. The number of hydrogen-bond acceptors (Lipinski definition) is 4. The number of rotatable bonds is 4. The summed E-state index contributed by atoms with van der Waals surface area (Å²) in [6.45, 7) is 5.40. The molecule has 1 amide bonds. The Kier molecular flexibility index (Phi) is 3.48. The fourth-order valence-corrected chi connectivity index (χ4v) is 3.23. The number of nitrogens with one attached hydrogen (secondary N) is 1. The Labute approximate surface area is 119 Å². The van der Waals surface area contributed by atoms with Crippen molar-refractivity contribution in [3.05, 3.63) is 0 Å². The van der Waals surface area contributed by atoms with Crippen molar-refractivity contribution in [2.45, 2.75) is 70.1 Å². The molecule has 1 unspecified atom stereocenters. The van der Waals surface area contributed by atoms with Crippen LogP contribution in [0.3, 0.4) is 0 Å². The molecule has 0 aromatic heterocycles. The van der Waals surface area contributed by atoms with Gasteiger partial charge in [0.15, 0.2) is 0 Å². The Morgan fingerprint density at radius 2 is 1.80 bits per heavy atom. The smallest absolute Gasteiger partial charge is 0.408 e. The van der Waals surface area contributed by atoms with Crippen molar-refractivity contribution < 1.29 is 19.4 Å². The van der Waals surface area contributed by atoms with Gasteiger partial charge < -0.3 is 20.9 Å². The zero-order chi connectivity index (χ0) is 15.2. The van der Waals surface area contributed by atoms with Gasteiger partial charge in [-0.2, -0.15) is 0 Å². The summed E-state index contributed by atoms with van der Waals surface area (Å²) < 4.78 is 5.29. The van der Waals surface area contributed by atoms with Crippen LogP contribution in [-0.4, -0.2) is 34.4 Å². The van der Waals surface area contributed by atoms with Crippen molar-refractivity contribution in [3.8, 4) is 0 Å². The molecule has 0 spiro atoms. The lowest BCUT2D eigenvalue weighted by Crippen LogP contribution is -2.65. The summed E-state index contributed by atoms with van der Waals surface area (Å²) in [6.07, 6.45) is 3.53. The molecule has 6 heteroatoms. The van der Waals surface area contributed by atoms with E-state index in [2.05, 4.69) is 5.32 Å². The van der Waals surface area contributed by atoms with Crippen molar-refractivity contribution in [2.24, 2.45) is 11.1 Å². The molecule has 2 aliphatic carbocycles. The number of hydrogen-bond donors (Lipinski definition) is 3. The number of carboxylic acids is 1. The summed E-state index contributed by atoms with van der Waals surface area (Å²) in [4.78, 5) is 23.2. The van der Waals surface area contributed by atoms with Gasteiger partial charge in [-0.1, -0.05) is 0 Å². The first-order chi connectivity index (χ1) is 9.12. The van der Waals surface area contributed by atoms with Gasteiger partial charge >= 0.3 is 12.1 Å². The minimum Gasteiger partial charge on any atom is -0.480 e. The highest BCUT2D eigenvalue weighted by Crippen LogP contribution is 2.62. The second-order valence-electron chi connectivity index (χ2n) is 7.03. The molecule has 0 bridgehead atoms. The van der Waals surface area contributed by atoms with E-state index in [1.165, 1.54) is 0 Å². The lowest BCUT2D eigenvalue weighted by Gasteiger charge is -2.50. The molecule has 2 rings (SSSR count). The standard InChI is InChI=1S/C14H24N2O4/c1-12(2,3)20-11(19)16-14(5-4-6-14)13(7-8-13)9(15)10(17)18/h9H,4-8,15H2,1-3H3,(H,16,19)(H,17,18). The van der Waals surface area contributed by atoms with Gasteiger partial charge in [-0.25, -0.2) is 4.79 Å². The summed E-state index contributed by atoms with van der Waals surface area (Å²) in [5, 5.41) is 12.1. The molecular formula is C14H24N2O4. The molecule has 2 aliphatic rings. The predicted octanol–water partition coefficient (Wildman–Crippen LogP) is 1.63. The van der Waals surface area contributed by atoms with E-state index in [9.17, 15) is 14.7 Å². The van der Waals surface area contributed by atoms with Crippen LogP contribution < -0.4 is 11.1 Å². The van der Waals surface area contributed by atoms with E-state index in [1.807, 2.05) is 0 Å². The summed E-state index contributed by atoms with van der Waals surface area (Å²) in [5.74, 6) is -1.00. The molecule has 4 N–H and O–H groups in total. The zero-order valence-corrected chi connectivity index (χ0v) is 12.4. The molecule has 1 atom stereocenters. The van der Waals surface area contributed by atoms with Crippen LogP contribution in [0.15, 0.2) is 0 Å². The summed E-state index contributed by atoms with van der Waals surface area (Å²) in [6, 6.07) is -0.933. The first-order valence-electron chi connectivity index (χ1n) is 7.12. The fraction of sp³-hybridized carbons (Fsp3) is 0.857. The molecule has 6 nitrogen and oxygen atoms in total. The SMILES string of the molecule is CC(C)(C)OC(=O)NC1(C2(C(N)C(=O)O)CC2)CCC1. The number of carbonyl (C=O) groups is 2. The van der Waals surface area contributed by atoms with Crippen LogP contribution in [0.1, 0.15) is 52.9 Å².